The number of rotatable bonds is 4. The summed E-state index contributed by atoms with van der Waals surface area (Å²) in [5.41, 5.74) is 1.88. The van der Waals surface area contributed by atoms with Gasteiger partial charge in [-0.05, 0) is 56.2 Å². The molecule has 0 saturated heterocycles. The summed E-state index contributed by atoms with van der Waals surface area (Å²) in [5, 5.41) is 1.76. The molecule has 1 unspecified atom stereocenters. The lowest BCUT2D eigenvalue weighted by atomic mass is 10.1. The quantitative estimate of drug-likeness (QED) is 0.638. The van der Waals surface area contributed by atoms with Crippen molar-refractivity contribution in [1.29, 1.82) is 0 Å². The molecule has 2 aromatic rings. The SMILES string of the molecule is Cc1ccc(SC(C)C(=O)Nc2ccc(F)c(F)c2F)cc1C. The molecule has 0 heterocycles. The normalized spacial score (nSPS) is 12.1. The van der Waals surface area contributed by atoms with E-state index in [4.69, 9.17) is 0 Å². The first-order chi connectivity index (χ1) is 10.8. The van der Waals surface area contributed by atoms with Crippen molar-refractivity contribution in [2.45, 2.75) is 30.9 Å². The highest BCUT2D eigenvalue weighted by Crippen LogP contribution is 2.27. The Morgan fingerprint density at radius 2 is 1.74 bits per heavy atom. The van der Waals surface area contributed by atoms with Crippen molar-refractivity contribution in [3.8, 4) is 0 Å². The Hall–Kier alpha value is -1.95. The van der Waals surface area contributed by atoms with E-state index in [-0.39, 0.29) is 5.69 Å². The van der Waals surface area contributed by atoms with Crippen molar-refractivity contribution < 1.29 is 18.0 Å². The van der Waals surface area contributed by atoms with Gasteiger partial charge in [0, 0.05) is 4.90 Å². The van der Waals surface area contributed by atoms with E-state index in [0.29, 0.717) is 0 Å². The van der Waals surface area contributed by atoms with Crippen LogP contribution in [0.4, 0.5) is 18.9 Å². The van der Waals surface area contributed by atoms with Gasteiger partial charge >= 0.3 is 0 Å². The van der Waals surface area contributed by atoms with E-state index in [1.165, 1.54) is 11.8 Å². The van der Waals surface area contributed by atoms with Gasteiger partial charge in [0.25, 0.3) is 0 Å². The van der Waals surface area contributed by atoms with E-state index in [0.717, 1.165) is 28.2 Å². The summed E-state index contributed by atoms with van der Waals surface area (Å²) in [4.78, 5) is 13.0. The number of aryl methyl sites for hydroxylation is 2. The third-order valence-corrected chi connectivity index (χ3v) is 4.55. The average molecular weight is 339 g/mol. The molecule has 1 amide bonds. The first-order valence-electron chi connectivity index (χ1n) is 6.98. The third-order valence-electron chi connectivity index (χ3n) is 3.45. The Balaban J connectivity index is 2.08. The lowest BCUT2D eigenvalue weighted by Crippen LogP contribution is -2.23. The second kappa shape index (κ2) is 7.08. The van der Waals surface area contributed by atoms with Crippen LogP contribution >= 0.6 is 11.8 Å². The number of benzene rings is 2. The molecule has 122 valence electrons. The Bertz CT molecular complexity index is 749. The average Bonchev–Trinajstić information content (AvgIpc) is 2.51. The fourth-order valence-electron chi connectivity index (χ4n) is 1.90. The molecule has 0 spiro atoms. The molecular formula is C17H16F3NOS. The number of nitrogens with one attached hydrogen (secondary N) is 1. The van der Waals surface area contributed by atoms with Gasteiger partial charge in [-0.3, -0.25) is 4.79 Å². The number of anilines is 1. The monoisotopic (exact) mass is 339 g/mol. The van der Waals surface area contributed by atoms with Crippen molar-refractivity contribution in [2.24, 2.45) is 0 Å². The fraction of sp³-hybridized carbons (Fsp3) is 0.235. The Kier molecular flexibility index (Phi) is 5.36. The molecule has 6 heteroatoms. The molecular weight excluding hydrogens is 323 g/mol. The largest absolute Gasteiger partial charge is 0.323 e. The molecule has 0 saturated carbocycles. The Morgan fingerprint density at radius 3 is 2.39 bits per heavy atom. The van der Waals surface area contributed by atoms with Gasteiger partial charge in [0.05, 0.1) is 10.9 Å². The van der Waals surface area contributed by atoms with Crippen molar-refractivity contribution in [2.75, 3.05) is 5.32 Å². The summed E-state index contributed by atoms with van der Waals surface area (Å²) in [6.45, 7) is 5.62. The molecule has 1 atom stereocenters. The molecule has 0 aliphatic rings. The summed E-state index contributed by atoms with van der Waals surface area (Å²) >= 11 is 1.30. The van der Waals surface area contributed by atoms with Crippen LogP contribution in [0.2, 0.25) is 0 Å². The van der Waals surface area contributed by atoms with E-state index in [1.54, 1.807) is 6.92 Å². The standard InChI is InChI=1S/C17H16F3NOS/c1-9-4-5-12(8-10(9)2)23-11(3)17(22)21-14-7-6-13(18)15(19)16(14)20/h4-8,11H,1-3H3,(H,21,22). The molecule has 0 aliphatic carbocycles. The molecule has 0 fully saturated rings. The van der Waals surface area contributed by atoms with Crippen LogP contribution in [-0.4, -0.2) is 11.2 Å². The number of carbonyl (C=O) groups excluding carboxylic acids is 1. The molecule has 0 radical (unpaired) electrons. The predicted molar refractivity (Wildman–Crippen MR) is 86.2 cm³/mol. The number of hydrogen-bond donors (Lipinski definition) is 1. The summed E-state index contributed by atoms with van der Waals surface area (Å²) in [6.07, 6.45) is 0. The summed E-state index contributed by atoms with van der Waals surface area (Å²) < 4.78 is 39.6. The summed E-state index contributed by atoms with van der Waals surface area (Å²) in [7, 11) is 0. The highest BCUT2D eigenvalue weighted by molar-refractivity contribution is 8.00. The van der Waals surface area contributed by atoms with Crippen LogP contribution in [0.3, 0.4) is 0 Å². The van der Waals surface area contributed by atoms with Gasteiger partial charge < -0.3 is 5.32 Å². The van der Waals surface area contributed by atoms with Gasteiger partial charge in [0.15, 0.2) is 17.5 Å². The molecule has 0 aliphatic heterocycles. The maximum atomic E-state index is 13.6. The van der Waals surface area contributed by atoms with E-state index in [9.17, 15) is 18.0 Å². The molecule has 0 bridgehead atoms. The molecule has 2 nitrogen and oxygen atoms in total. The van der Waals surface area contributed by atoms with Gasteiger partial charge in [-0.25, -0.2) is 13.2 Å². The van der Waals surface area contributed by atoms with E-state index in [1.807, 2.05) is 32.0 Å². The zero-order valence-corrected chi connectivity index (χ0v) is 13.7. The summed E-state index contributed by atoms with van der Waals surface area (Å²) in [6, 6.07) is 7.59. The number of hydrogen-bond acceptors (Lipinski definition) is 2. The number of thioether (sulfide) groups is 1. The van der Waals surface area contributed by atoms with E-state index < -0.39 is 28.6 Å². The van der Waals surface area contributed by atoms with Crippen LogP contribution in [0.5, 0.6) is 0 Å². The van der Waals surface area contributed by atoms with Gasteiger partial charge in [-0.2, -0.15) is 0 Å². The molecule has 2 aromatic carbocycles. The fourth-order valence-corrected chi connectivity index (χ4v) is 2.87. The molecule has 0 aromatic heterocycles. The first-order valence-corrected chi connectivity index (χ1v) is 7.86. The second-order valence-corrected chi connectivity index (χ2v) is 6.63. The topological polar surface area (TPSA) is 29.1 Å². The van der Waals surface area contributed by atoms with Crippen LogP contribution in [-0.2, 0) is 4.79 Å². The maximum Gasteiger partial charge on any atom is 0.237 e. The van der Waals surface area contributed by atoms with Crippen LogP contribution < -0.4 is 5.32 Å². The van der Waals surface area contributed by atoms with Crippen LogP contribution in [0.1, 0.15) is 18.1 Å². The molecule has 2 rings (SSSR count). The smallest absolute Gasteiger partial charge is 0.237 e. The van der Waals surface area contributed by atoms with Crippen LogP contribution in [0, 0.1) is 31.3 Å². The van der Waals surface area contributed by atoms with Crippen molar-refractivity contribution in [3.63, 3.8) is 0 Å². The molecule has 23 heavy (non-hydrogen) atoms. The van der Waals surface area contributed by atoms with Crippen molar-refractivity contribution in [3.05, 3.63) is 58.9 Å². The lowest BCUT2D eigenvalue weighted by molar-refractivity contribution is -0.115. The van der Waals surface area contributed by atoms with Crippen LogP contribution in [0.15, 0.2) is 35.2 Å². The minimum Gasteiger partial charge on any atom is -0.323 e. The highest BCUT2D eigenvalue weighted by Gasteiger charge is 2.19. The van der Waals surface area contributed by atoms with Gasteiger partial charge in [0.1, 0.15) is 0 Å². The van der Waals surface area contributed by atoms with Crippen molar-refractivity contribution >= 4 is 23.4 Å². The van der Waals surface area contributed by atoms with E-state index >= 15 is 0 Å². The zero-order valence-electron chi connectivity index (χ0n) is 12.9. The zero-order chi connectivity index (χ0) is 17.1. The van der Waals surface area contributed by atoms with Gasteiger partial charge in [0.2, 0.25) is 5.91 Å². The third kappa shape index (κ3) is 4.07. The summed E-state index contributed by atoms with van der Waals surface area (Å²) in [5.74, 6) is -4.78. The van der Waals surface area contributed by atoms with E-state index in [2.05, 4.69) is 5.32 Å². The Morgan fingerprint density at radius 1 is 1.04 bits per heavy atom. The first kappa shape index (κ1) is 17.4. The minimum atomic E-state index is -1.60. The minimum absolute atomic E-state index is 0.374. The molecule has 1 N–H and O–H groups in total. The predicted octanol–water partition coefficient (Wildman–Crippen LogP) is 4.84. The van der Waals surface area contributed by atoms with Crippen LogP contribution in [0.25, 0.3) is 0 Å². The van der Waals surface area contributed by atoms with Gasteiger partial charge in [-0.1, -0.05) is 6.07 Å². The second-order valence-electron chi connectivity index (χ2n) is 5.22. The number of amides is 1. The Labute approximate surface area is 137 Å². The maximum absolute atomic E-state index is 13.6. The highest BCUT2D eigenvalue weighted by atomic mass is 32.2. The van der Waals surface area contributed by atoms with Gasteiger partial charge in [-0.15, -0.1) is 11.8 Å². The van der Waals surface area contributed by atoms with Crippen molar-refractivity contribution in [1.82, 2.24) is 0 Å². The lowest BCUT2D eigenvalue weighted by Gasteiger charge is -2.13. The number of halogens is 3. The number of carbonyl (C=O) groups is 1.